The Hall–Kier alpha value is -0.910. The van der Waals surface area contributed by atoms with Crippen LogP contribution in [0.1, 0.15) is 19.3 Å². The van der Waals surface area contributed by atoms with Crippen LogP contribution in [0.15, 0.2) is 28.7 Å². The summed E-state index contributed by atoms with van der Waals surface area (Å²) in [5, 5.41) is 11.8. The molecule has 0 aliphatic carbocycles. The number of aliphatic hydroxyl groups excluding tert-OH is 1. The molecule has 1 aromatic carbocycles. The van der Waals surface area contributed by atoms with Gasteiger partial charge in [-0.05, 0) is 60.4 Å². The van der Waals surface area contributed by atoms with E-state index in [0.29, 0.717) is 0 Å². The van der Waals surface area contributed by atoms with Gasteiger partial charge in [0.2, 0.25) is 5.91 Å². The minimum Gasteiger partial charge on any atom is -0.396 e. The number of amides is 1. The SMILES string of the molecule is O=C(Nc1ccccc1Br)C1CCN(CCCO)CC1. The van der Waals surface area contributed by atoms with Crippen molar-refractivity contribution in [1.29, 1.82) is 0 Å². The molecule has 0 unspecified atom stereocenters. The van der Waals surface area contributed by atoms with Gasteiger partial charge in [0.25, 0.3) is 0 Å². The molecule has 0 aromatic heterocycles. The molecule has 1 heterocycles. The number of benzene rings is 1. The van der Waals surface area contributed by atoms with Crippen LogP contribution >= 0.6 is 15.9 Å². The summed E-state index contributed by atoms with van der Waals surface area (Å²) >= 11 is 3.44. The smallest absolute Gasteiger partial charge is 0.227 e. The molecule has 1 fully saturated rings. The largest absolute Gasteiger partial charge is 0.396 e. The fraction of sp³-hybridized carbons (Fsp3) is 0.533. The number of halogens is 1. The van der Waals surface area contributed by atoms with Crippen molar-refractivity contribution in [3.8, 4) is 0 Å². The third-order valence-corrected chi connectivity index (χ3v) is 4.41. The topological polar surface area (TPSA) is 52.6 Å². The van der Waals surface area contributed by atoms with Crippen molar-refractivity contribution in [2.45, 2.75) is 19.3 Å². The fourth-order valence-electron chi connectivity index (χ4n) is 2.51. The lowest BCUT2D eigenvalue weighted by Gasteiger charge is -2.31. The van der Waals surface area contributed by atoms with E-state index in [1.807, 2.05) is 24.3 Å². The molecule has 4 nitrogen and oxygen atoms in total. The third kappa shape index (κ3) is 4.30. The van der Waals surface area contributed by atoms with E-state index in [4.69, 9.17) is 5.11 Å². The van der Waals surface area contributed by atoms with Crippen molar-refractivity contribution < 1.29 is 9.90 Å². The van der Waals surface area contributed by atoms with Crippen LogP contribution in [0.4, 0.5) is 5.69 Å². The van der Waals surface area contributed by atoms with E-state index in [-0.39, 0.29) is 18.4 Å². The van der Waals surface area contributed by atoms with Gasteiger partial charge in [0.15, 0.2) is 0 Å². The Balaban J connectivity index is 1.82. The molecule has 110 valence electrons. The van der Waals surface area contributed by atoms with Crippen LogP contribution < -0.4 is 5.32 Å². The standard InChI is InChI=1S/C15H21BrN2O2/c16-13-4-1-2-5-14(13)17-15(20)12-6-9-18(10-7-12)8-3-11-19/h1-2,4-5,12,19H,3,6-11H2,(H,17,20). The first-order valence-corrected chi connectivity index (χ1v) is 7.88. The van der Waals surface area contributed by atoms with E-state index in [2.05, 4.69) is 26.1 Å². The highest BCUT2D eigenvalue weighted by molar-refractivity contribution is 9.10. The van der Waals surface area contributed by atoms with Crippen LogP contribution in [-0.2, 0) is 4.79 Å². The molecule has 0 bridgehead atoms. The molecular formula is C15H21BrN2O2. The monoisotopic (exact) mass is 340 g/mol. The summed E-state index contributed by atoms with van der Waals surface area (Å²) < 4.78 is 0.911. The fourth-order valence-corrected chi connectivity index (χ4v) is 2.89. The lowest BCUT2D eigenvalue weighted by molar-refractivity contribution is -0.121. The molecule has 1 amide bonds. The summed E-state index contributed by atoms with van der Waals surface area (Å²) in [6, 6.07) is 7.67. The number of hydrogen-bond acceptors (Lipinski definition) is 3. The third-order valence-electron chi connectivity index (χ3n) is 3.72. The van der Waals surface area contributed by atoms with Crippen molar-refractivity contribution >= 4 is 27.5 Å². The molecule has 0 saturated carbocycles. The number of carbonyl (C=O) groups excluding carboxylic acids is 1. The number of anilines is 1. The van der Waals surface area contributed by atoms with Crippen LogP contribution in [0.2, 0.25) is 0 Å². The lowest BCUT2D eigenvalue weighted by Crippen LogP contribution is -2.38. The number of para-hydroxylation sites is 1. The van der Waals surface area contributed by atoms with Crippen LogP contribution in [-0.4, -0.2) is 42.2 Å². The normalized spacial score (nSPS) is 17.1. The molecular weight excluding hydrogens is 320 g/mol. The zero-order chi connectivity index (χ0) is 14.4. The predicted molar refractivity (Wildman–Crippen MR) is 83.6 cm³/mol. The summed E-state index contributed by atoms with van der Waals surface area (Å²) in [6.07, 6.45) is 2.59. The molecule has 20 heavy (non-hydrogen) atoms. The van der Waals surface area contributed by atoms with Crippen LogP contribution in [0, 0.1) is 5.92 Å². The van der Waals surface area contributed by atoms with Crippen LogP contribution in [0.25, 0.3) is 0 Å². The average molecular weight is 341 g/mol. The Morgan fingerprint density at radius 2 is 2.05 bits per heavy atom. The van der Waals surface area contributed by atoms with Gasteiger partial charge in [-0.15, -0.1) is 0 Å². The van der Waals surface area contributed by atoms with Crippen molar-refractivity contribution in [2.24, 2.45) is 5.92 Å². The lowest BCUT2D eigenvalue weighted by atomic mass is 9.95. The Labute approximate surface area is 128 Å². The molecule has 2 rings (SSSR count). The highest BCUT2D eigenvalue weighted by atomic mass is 79.9. The number of nitrogens with one attached hydrogen (secondary N) is 1. The van der Waals surface area contributed by atoms with Gasteiger partial charge in [0.05, 0.1) is 5.69 Å². The van der Waals surface area contributed by atoms with Crippen molar-refractivity contribution in [2.75, 3.05) is 31.6 Å². The highest BCUT2D eigenvalue weighted by Crippen LogP contribution is 2.24. The molecule has 5 heteroatoms. The van der Waals surface area contributed by atoms with E-state index in [0.717, 1.165) is 49.1 Å². The number of hydrogen-bond donors (Lipinski definition) is 2. The van der Waals surface area contributed by atoms with Gasteiger partial charge < -0.3 is 15.3 Å². The second-order valence-corrected chi connectivity index (χ2v) is 6.02. The number of carbonyl (C=O) groups is 1. The maximum Gasteiger partial charge on any atom is 0.227 e. The molecule has 1 aliphatic heterocycles. The zero-order valence-electron chi connectivity index (χ0n) is 11.5. The minimum absolute atomic E-state index is 0.0903. The summed E-state index contributed by atoms with van der Waals surface area (Å²) in [5.41, 5.74) is 0.834. The second-order valence-electron chi connectivity index (χ2n) is 5.16. The molecule has 2 N–H and O–H groups in total. The number of nitrogens with zero attached hydrogens (tertiary/aromatic N) is 1. The summed E-state index contributed by atoms with van der Waals surface area (Å²) in [4.78, 5) is 14.6. The minimum atomic E-state index is 0.0903. The Morgan fingerprint density at radius 1 is 1.35 bits per heavy atom. The van der Waals surface area contributed by atoms with Crippen LogP contribution in [0.3, 0.4) is 0 Å². The zero-order valence-corrected chi connectivity index (χ0v) is 13.1. The van der Waals surface area contributed by atoms with E-state index in [1.165, 1.54) is 0 Å². The second kappa shape index (κ2) is 7.76. The first kappa shape index (κ1) is 15.5. The maximum atomic E-state index is 12.2. The van der Waals surface area contributed by atoms with E-state index >= 15 is 0 Å². The van der Waals surface area contributed by atoms with Crippen molar-refractivity contribution in [1.82, 2.24) is 4.90 Å². The number of likely N-dealkylation sites (tertiary alicyclic amines) is 1. The number of aliphatic hydroxyl groups is 1. The van der Waals surface area contributed by atoms with Gasteiger partial charge in [-0.1, -0.05) is 12.1 Å². The highest BCUT2D eigenvalue weighted by Gasteiger charge is 2.24. The summed E-state index contributed by atoms with van der Waals surface area (Å²) in [6.45, 7) is 3.04. The van der Waals surface area contributed by atoms with Gasteiger partial charge in [-0.3, -0.25) is 4.79 Å². The van der Waals surface area contributed by atoms with Gasteiger partial charge >= 0.3 is 0 Å². The molecule has 1 aliphatic rings. The van der Waals surface area contributed by atoms with Gasteiger partial charge in [-0.2, -0.15) is 0 Å². The van der Waals surface area contributed by atoms with Gasteiger partial charge in [0.1, 0.15) is 0 Å². The first-order valence-electron chi connectivity index (χ1n) is 7.09. The van der Waals surface area contributed by atoms with E-state index < -0.39 is 0 Å². The molecule has 0 atom stereocenters. The Bertz CT molecular complexity index is 445. The molecule has 1 aromatic rings. The first-order chi connectivity index (χ1) is 9.70. The molecule has 1 saturated heterocycles. The molecule has 0 spiro atoms. The van der Waals surface area contributed by atoms with Gasteiger partial charge in [-0.25, -0.2) is 0 Å². The van der Waals surface area contributed by atoms with E-state index in [9.17, 15) is 4.79 Å². The predicted octanol–water partition coefficient (Wildman–Crippen LogP) is 2.48. The maximum absolute atomic E-state index is 12.2. The Morgan fingerprint density at radius 3 is 2.70 bits per heavy atom. The van der Waals surface area contributed by atoms with E-state index in [1.54, 1.807) is 0 Å². The number of piperidine rings is 1. The average Bonchev–Trinajstić information content (AvgIpc) is 2.48. The van der Waals surface area contributed by atoms with Crippen molar-refractivity contribution in [3.05, 3.63) is 28.7 Å². The summed E-state index contributed by atoms with van der Waals surface area (Å²) in [5.74, 6) is 0.200. The molecule has 0 radical (unpaired) electrons. The van der Waals surface area contributed by atoms with Gasteiger partial charge in [0, 0.05) is 23.5 Å². The quantitative estimate of drug-likeness (QED) is 0.865. The van der Waals surface area contributed by atoms with Crippen LogP contribution in [0.5, 0.6) is 0 Å². The Kier molecular flexibility index (Phi) is 6.01. The summed E-state index contributed by atoms with van der Waals surface area (Å²) in [7, 11) is 0. The van der Waals surface area contributed by atoms with Crippen molar-refractivity contribution in [3.63, 3.8) is 0 Å². The number of rotatable bonds is 5.